The van der Waals surface area contributed by atoms with Gasteiger partial charge in [-0.1, -0.05) is 18.2 Å². The van der Waals surface area contributed by atoms with Crippen molar-refractivity contribution in [1.82, 2.24) is 15.6 Å². The zero-order valence-electron chi connectivity index (χ0n) is 14.3. The first kappa shape index (κ1) is 18.8. The first-order valence-electron chi connectivity index (χ1n) is 8.31. The number of carbonyl (C=O) groups excluding carboxylic acids is 1. The Bertz CT molecular complexity index is 799. The SMILES string of the molecule is O=C(NCc1ccnc(OCC(F)(F)F)c1)NC1CCOc2ccccc21. The number of urea groups is 1. The summed E-state index contributed by atoms with van der Waals surface area (Å²) in [6, 6.07) is 9.88. The quantitative estimate of drug-likeness (QED) is 0.833. The number of alkyl halides is 3. The Kier molecular flexibility index (Phi) is 5.68. The smallest absolute Gasteiger partial charge is 0.422 e. The van der Waals surface area contributed by atoms with Crippen molar-refractivity contribution >= 4 is 6.03 Å². The van der Waals surface area contributed by atoms with Gasteiger partial charge in [-0.05, 0) is 17.7 Å². The molecule has 3 rings (SSSR count). The molecule has 2 aromatic rings. The number of fused-ring (bicyclic) bond motifs is 1. The second-order valence-electron chi connectivity index (χ2n) is 5.96. The number of ether oxygens (including phenoxy) is 2. The highest BCUT2D eigenvalue weighted by Gasteiger charge is 2.28. The largest absolute Gasteiger partial charge is 0.493 e. The number of para-hydroxylation sites is 1. The Hall–Kier alpha value is -2.97. The van der Waals surface area contributed by atoms with E-state index < -0.39 is 12.8 Å². The lowest BCUT2D eigenvalue weighted by Gasteiger charge is -2.26. The molecular weight excluding hydrogens is 363 g/mol. The Morgan fingerprint density at radius 3 is 2.93 bits per heavy atom. The number of rotatable bonds is 5. The molecule has 1 aliphatic rings. The lowest BCUT2D eigenvalue weighted by Crippen LogP contribution is -2.39. The maximum Gasteiger partial charge on any atom is 0.422 e. The topological polar surface area (TPSA) is 72.5 Å². The number of nitrogens with zero attached hydrogens (tertiary/aromatic N) is 1. The van der Waals surface area contributed by atoms with Gasteiger partial charge in [0.1, 0.15) is 5.75 Å². The highest BCUT2D eigenvalue weighted by atomic mass is 19.4. The van der Waals surface area contributed by atoms with Crippen LogP contribution in [-0.2, 0) is 6.54 Å². The van der Waals surface area contributed by atoms with Gasteiger partial charge in [-0.3, -0.25) is 0 Å². The number of halogens is 3. The molecule has 0 bridgehead atoms. The maximum atomic E-state index is 12.2. The minimum absolute atomic E-state index is 0.127. The first-order chi connectivity index (χ1) is 12.9. The Labute approximate surface area is 153 Å². The average Bonchev–Trinajstić information content (AvgIpc) is 2.65. The van der Waals surface area contributed by atoms with Gasteiger partial charge in [-0.25, -0.2) is 9.78 Å². The highest BCUT2D eigenvalue weighted by Crippen LogP contribution is 2.31. The summed E-state index contributed by atoms with van der Waals surface area (Å²) in [4.78, 5) is 15.9. The monoisotopic (exact) mass is 381 g/mol. The molecule has 144 valence electrons. The van der Waals surface area contributed by atoms with Crippen molar-refractivity contribution in [2.24, 2.45) is 0 Å². The fourth-order valence-corrected chi connectivity index (χ4v) is 2.68. The summed E-state index contributed by atoms with van der Waals surface area (Å²) >= 11 is 0. The summed E-state index contributed by atoms with van der Waals surface area (Å²) in [6.07, 6.45) is -2.46. The van der Waals surface area contributed by atoms with Gasteiger partial charge in [0.15, 0.2) is 6.61 Å². The fourth-order valence-electron chi connectivity index (χ4n) is 2.68. The first-order valence-corrected chi connectivity index (χ1v) is 8.31. The van der Waals surface area contributed by atoms with Crippen LogP contribution in [0.25, 0.3) is 0 Å². The number of benzene rings is 1. The molecule has 1 atom stereocenters. The lowest BCUT2D eigenvalue weighted by molar-refractivity contribution is -0.154. The molecule has 1 unspecified atom stereocenters. The van der Waals surface area contributed by atoms with Crippen LogP contribution >= 0.6 is 0 Å². The van der Waals surface area contributed by atoms with Crippen LogP contribution in [0.5, 0.6) is 11.6 Å². The molecule has 1 aliphatic heterocycles. The molecule has 0 aliphatic carbocycles. The van der Waals surface area contributed by atoms with Crippen molar-refractivity contribution in [3.8, 4) is 11.6 Å². The molecule has 1 aromatic carbocycles. The van der Waals surface area contributed by atoms with Crippen LogP contribution in [-0.4, -0.2) is 30.4 Å². The average molecular weight is 381 g/mol. The van der Waals surface area contributed by atoms with Crippen LogP contribution in [0.1, 0.15) is 23.6 Å². The van der Waals surface area contributed by atoms with Gasteiger partial charge >= 0.3 is 12.2 Å². The number of nitrogens with one attached hydrogen (secondary N) is 2. The van der Waals surface area contributed by atoms with E-state index in [1.165, 1.54) is 12.3 Å². The maximum absolute atomic E-state index is 12.2. The third-order valence-electron chi connectivity index (χ3n) is 3.90. The fraction of sp³-hybridized carbons (Fsp3) is 0.333. The molecule has 0 radical (unpaired) electrons. The van der Waals surface area contributed by atoms with Crippen LogP contribution in [0.15, 0.2) is 42.6 Å². The van der Waals surface area contributed by atoms with Crippen molar-refractivity contribution in [3.63, 3.8) is 0 Å². The van der Waals surface area contributed by atoms with Gasteiger partial charge in [-0.15, -0.1) is 0 Å². The molecule has 2 amide bonds. The summed E-state index contributed by atoms with van der Waals surface area (Å²) < 4.78 is 46.7. The van der Waals surface area contributed by atoms with Gasteiger partial charge < -0.3 is 20.1 Å². The lowest BCUT2D eigenvalue weighted by atomic mass is 10.0. The molecule has 2 N–H and O–H groups in total. The second kappa shape index (κ2) is 8.15. The minimum atomic E-state index is -4.43. The highest BCUT2D eigenvalue weighted by molar-refractivity contribution is 5.74. The molecule has 1 aromatic heterocycles. The van der Waals surface area contributed by atoms with Crippen molar-refractivity contribution in [3.05, 3.63) is 53.7 Å². The van der Waals surface area contributed by atoms with E-state index in [-0.39, 0.29) is 24.5 Å². The van der Waals surface area contributed by atoms with Gasteiger partial charge in [-0.2, -0.15) is 13.2 Å². The summed E-state index contributed by atoms with van der Waals surface area (Å²) in [6.45, 7) is -0.783. The van der Waals surface area contributed by atoms with Gasteiger partial charge in [0.2, 0.25) is 5.88 Å². The van der Waals surface area contributed by atoms with Crippen LogP contribution < -0.4 is 20.1 Å². The number of hydrogen-bond acceptors (Lipinski definition) is 4. The second-order valence-corrected chi connectivity index (χ2v) is 5.96. The van der Waals surface area contributed by atoms with Crippen molar-refractivity contribution < 1.29 is 27.4 Å². The van der Waals surface area contributed by atoms with E-state index in [1.54, 1.807) is 6.07 Å². The molecule has 6 nitrogen and oxygen atoms in total. The van der Waals surface area contributed by atoms with Crippen molar-refractivity contribution in [2.45, 2.75) is 25.2 Å². The van der Waals surface area contributed by atoms with Crippen LogP contribution in [0.2, 0.25) is 0 Å². The number of pyridine rings is 1. The van der Waals surface area contributed by atoms with Crippen molar-refractivity contribution in [1.29, 1.82) is 0 Å². The molecule has 0 spiro atoms. The molecule has 0 saturated heterocycles. The Balaban J connectivity index is 1.53. The Morgan fingerprint density at radius 1 is 1.30 bits per heavy atom. The summed E-state index contributed by atoms with van der Waals surface area (Å²) in [5.74, 6) is 0.597. The van der Waals surface area contributed by atoms with Gasteiger partial charge in [0.05, 0.1) is 12.6 Å². The van der Waals surface area contributed by atoms with E-state index in [9.17, 15) is 18.0 Å². The molecule has 0 fully saturated rings. The third-order valence-corrected chi connectivity index (χ3v) is 3.90. The van der Waals surface area contributed by atoms with Gasteiger partial charge in [0, 0.05) is 30.8 Å². The predicted octanol–water partition coefficient (Wildman–Crippen LogP) is 3.35. The number of hydrogen-bond donors (Lipinski definition) is 2. The Morgan fingerprint density at radius 2 is 2.11 bits per heavy atom. The summed E-state index contributed by atoms with van der Waals surface area (Å²) in [7, 11) is 0. The third kappa shape index (κ3) is 5.50. The van der Waals surface area contributed by atoms with E-state index in [0.717, 1.165) is 11.3 Å². The summed E-state index contributed by atoms with van der Waals surface area (Å²) in [5.41, 5.74) is 1.48. The van der Waals surface area contributed by atoms with E-state index in [0.29, 0.717) is 18.6 Å². The van der Waals surface area contributed by atoms with E-state index in [1.807, 2.05) is 24.3 Å². The van der Waals surface area contributed by atoms with Gasteiger partial charge in [0.25, 0.3) is 0 Å². The molecular formula is C18H18F3N3O3. The number of carbonyl (C=O) groups is 1. The zero-order chi connectivity index (χ0) is 19.3. The van der Waals surface area contributed by atoms with E-state index in [2.05, 4.69) is 20.4 Å². The van der Waals surface area contributed by atoms with Crippen molar-refractivity contribution in [2.75, 3.05) is 13.2 Å². The molecule has 9 heteroatoms. The van der Waals surface area contributed by atoms with E-state index in [4.69, 9.17) is 4.74 Å². The van der Waals surface area contributed by atoms with E-state index >= 15 is 0 Å². The van der Waals surface area contributed by atoms with Crippen LogP contribution in [0.4, 0.5) is 18.0 Å². The number of aromatic nitrogens is 1. The molecule has 27 heavy (non-hydrogen) atoms. The number of amides is 2. The van der Waals surface area contributed by atoms with Crippen LogP contribution in [0, 0.1) is 0 Å². The normalized spacial score (nSPS) is 16.0. The summed E-state index contributed by atoms with van der Waals surface area (Å²) in [5, 5.41) is 5.56. The van der Waals surface area contributed by atoms with Crippen LogP contribution in [0.3, 0.4) is 0 Å². The predicted molar refractivity (Wildman–Crippen MR) is 90.5 cm³/mol. The standard InChI is InChI=1S/C18H18F3N3O3/c19-18(20,21)11-27-16-9-12(5-7-22-16)10-23-17(25)24-14-6-8-26-15-4-2-1-3-13(14)15/h1-5,7,9,14H,6,8,10-11H2,(H2,23,24,25). The zero-order valence-corrected chi connectivity index (χ0v) is 14.3. The molecule has 2 heterocycles. The molecule has 0 saturated carbocycles. The minimum Gasteiger partial charge on any atom is -0.493 e.